The summed E-state index contributed by atoms with van der Waals surface area (Å²) in [4.78, 5) is 12.2. The van der Waals surface area contributed by atoms with Gasteiger partial charge in [-0.05, 0) is 43.7 Å². The third kappa shape index (κ3) is 4.72. The molecule has 8 heteroatoms. The molecule has 0 bridgehead atoms. The van der Waals surface area contributed by atoms with Gasteiger partial charge < -0.3 is 10.1 Å². The topological polar surface area (TPSA) is 84.5 Å². The number of halogens is 1. The van der Waals surface area contributed by atoms with E-state index in [9.17, 15) is 13.2 Å². The normalized spacial score (nSPS) is 12.5. The van der Waals surface area contributed by atoms with Crippen molar-refractivity contribution in [1.82, 2.24) is 4.72 Å². The van der Waals surface area contributed by atoms with Crippen LogP contribution in [0.15, 0.2) is 47.4 Å². The predicted molar refractivity (Wildman–Crippen MR) is 97.6 cm³/mol. The van der Waals surface area contributed by atoms with Gasteiger partial charge in [0.1, 0.15) is 5.75 Å². The zero-order valence-electron chi connectivity index (χ0n) is 14.0. The van der Waals surface area contributed by atoms with Crippen molar-refractivity contribution in [1.29, 1.82) is 0 Å². The number of carbonyl (C=O) groups is 1. The number of anilines is 1. The first-order chi connectivity index (χ1) is 11.7. The van der Waals surface area contributed by atoms with Crippen molar-refractivity contribution in [3.05, 3.63) is 53.1 Å². The maximum Gasteiger partial charge on any atom is 0.242 e. The van der Waals surface area contributed by atoms with Crippen molar-refractivity contribution in [3.8, 4) is 5.75 Å². The maximum atomic E-state index is 12.4. The highest BCUT2D eigenvalue weighted by atomic mass is 35.5. The zero-order chi connectivity index (χ0) is 18.6. The molecule has 2 N–H and O–H groups in total. The van der Waals surface area contributed by atoms with E-state index in [1.807, 2.05) is 19.1 Å². The van der Waals surface area contributed by atoms with Gasteiger partial charge in [-0.1, -0.05) is 29.8 Å². The second kappa shape index (κ2) is 7.86. The summed E-state index contributed by atoms with van der Waals surface area (Å²) in [5.41, 5.74) is 1.51. The number of ether oxygens (including phenoxy) is 1. The molecule has 1 atom stereocenters. The van der Waals surface area contributed by atoms with Crippen LogP contribution in [0.3, 0.4) is 0 Å². The van der Waals surface area contributed by atoms with Gasteiger partial charge in [0.25, 0.3) is 0 Å². The van der Waals surface area contributed by atoms with E-state index in [-0.39, 0.29) is 9.92 Å². The Bertz CT molecular complexity index is 884. The number of methoxy groups -OCH3 is 1. The Morgan fingerprint density at radius 3 is 2.48 bits per heavy atom. The van der Waals surface area contributed by atoms with Crippen LogP contribution in [0.4, 0.5) is 5.69 Å². The smallest absolute Gasteiger partial charge is 0.242 e. The number of amides is 1. The predicted octanol–water partition coefficient (Wildman–Crippen LogP) is 2.96. The molecule has 2 aromatic carbocycles. The third-order valence-electron chi connectivity index (χ3n) is 3.56. The van der Waals surface area contributed by atoms with E-state index in [0.717, 1.165) is 5.56 Å². The van der Waals surface area contributed by atoms with Gasteiger partial charge in [0.05, 0.1) is 23.1 Å². The van der Waals surface area contributed by atoms with Gasteiger partial charge in [0.2, 0.25) is 15.9 Å². The van der Waals surface area contributed by atoms with Crippen molar-refractivity contribution in [2.45, 2.75) is 24.8 Å². The summed E-state index contributed by atoms with van der Waals surface area (Å²) in [7, 11) is -2.47. The minimum absolute atomic E-state index is 0.0474. The molecule has 0 radical (unpaired) electrons. The molecular formula is C17H19ClN2O4S. The fourth-order valence-corrected chi connectivity index (χ4v) is 3.67. The molecule has 25 heavy (non-hydrogen) atoms. The van der Waals surface area contributed by atoms with Crippen molar-refractivity contribution in [2.75, 3.05) is 12.4 Å². The lowest BCUT2D eigenvalue weighted by atomic mass is 10.2. The molecule has 0 aliphatic carbocycles. The summed E-state index contributed by atoms with van der Waals surface area (Å²) in [5, 5.41) is 2.87. The van der Waals surface area contributed by atoms with E-state index in [2.05, 4.69) is 10.0 Å². The van der Waals surface area contributed by atoms with Crippen LogP contribution in [-0.4, -0.2) is 27.5 Å². The first-order valence-corrected chi connectivity index (χ1v) is 9.33. The van der Waals surface area contributed by atoms with Crippen molar-refractivity contribution in [3.63, 3.8) is 0 Å². The summed E-state index contributed by atoms with van der Waals surface area (Å²) in [6.07, 6.45) is 0. The van der Waals surface area contributed by atoms with Gasteiger partial charge in [-0.15, -0.1) is 0 Å². The molecule has 2 rings (SSSR count). The number of rotatable bonds is 6. The summed E-state index contributed by atoms with van der Waals surface area (Å²) in [6.45, 7) is 3.32. The Kier molecular flexibility index (Phi) is 6.05. The average Bonchev–Trinajstić information content (AvgIpc) is 2.56. The van der Waals surface area contributed by atoms with Crippen LogP contribution in [0.5, 0.6) is 5.75 Å². The SMILES string of the molecule is COc1ccc(S(=O)(=O)N[C@@H](C)C(=O)Nc2ccccc2C)cc1Cl. The van der Waals surface area contributed by atoms with Crippen molar-refractivity contribution >= 4 is 33.2 Å². The highest BCUT2D eigenvalue weighted by molar-refractivity contribution is 7.89. The molecule has 1 amide bonds. The number of benzene rings is 2. The number of para-hydroxylation sites is 1. The van der Waals surface area contributed by atoms with E-state index >= 15 is 0 Å². The van der Waals surface area contributed by atoms with Crippen LogP contribution in [0.25, 0.3) is 0 Å². The minimum atomic E-state index is -3.91. The Balaban J connectivity index is 2.12. The second-order valence-electron chi connectivity index (χ2n) is 5.44. The molecule has 0 saturated heterocycles. The number of hydrogen-bond donors (Lipinski definition) is 2. The summed E-state index contributed by atoms with van der Waals surface area (Å²) in [5.74, 6) is -0.0940. The molecule has 2 aromatic rings. The Morgan fingerprint density at radius 2 is 1.88 bits per heavy atom. The summed E-state index contributed by atoms with van der Waals surface area (Å²) in [6, 6.07) is 10.4. The molecule has 134 valence electrons. The monoisotopic (exact) mass is 382 g/mol. The van der Waals surface area contributed by atoms with Gasteiger partial charge in [-0.2, -0.15) is 4.72 Å². The van der Waals surface area contributed by atoms with E-state index in [1.165, 1.54) is 32.2 Å². The maximum absolute atomic E-state index is 12.4. The van der Waals surface area contributed by atoms with E-state index in [0.29, 0.717) is 11.4 Å². The first kappa shape index (κ1) is 19.2. The molecule has 0 spiro atoms. The lowest BCUT2D eigenvalue weighted by Gasteiger charge is -2.16. The Labute approximate surface area is 152 Å². The van der Waals surface area contributed by atoms with Crippen LogP contribution >= 0.6 is 11.6 Å². The molecule has 0 aromatic heterocycles. The molecule has 0 fully saturated rings. The van der Waals surface area contributed by atoms with E-state index in [4.69, 9.17) is 16.3 Å². The quantitative estimate of drug-likeness (QED) is 0.804. The van der Waals surface area contributed by atoms with Gasteiger partial charge >= 0.3 is 0 Å². The summed E-state index contributed by atoms with van der Waals surface area (Å²) < 4.78 is 32.2. The van der Waals surface area contributed by atoms with Gasteiger partial charge in [0.15, 0.2) is 0 Å². The van der Waals surface area contributed by atoms with Crippen LogP contribution in [0.1, 0.15) is 12.5 Å². The lowest BCUT2D eigenvalue weighted by Crippen LogP contribution is -2.41. The summed E-state index contributed by atoms with van der Waals surface area (Å²) >= 11 is 5.96. The van der Waals surface area contributed by atoms with Gasteiger partial charge in [0, 0.05) is 5.69 Å². The molecule has 0 aliphatic heterocycles. The molecule has 0 unspecified atom stereocenters. The van der Waals surface area contributed by atoms with Gasteiger partial charge in [-0.3, -0.25) is 4.79 Å². The molecule has 6 nitrogen and oxygen atoms in total. The number of carbonyl (C=O) groups excluding carboxylic acids is 1. The largest absolute Gasteiger partial charge is 0.495 e. The standard InChI is InChI=1S/C17H19ClN2O4S/c1-11-6-4-5-7-15(11)19-17(21)12(2)20-25(22,23)13-8-9-16(24-3)14(18)10-13/h4-10,12,20H,1-3H3,(H,19,21)/t12-/m0/s1. The molecule has 0 aliphatic rings. The second-order valence-corrected chi connectivity index (χ2v) is 7.56. The minimum Gasteiger partial charge on any atom is -0.495 e. The van der Waals surface area contributed by atoms with Crippen molar-refractivity contribution in [2.24, 2.45) is 0 Å². The highest BCUT2D eigenvalue weighted by Gasteiger charge is 2.23. The molecular weight excluding hydrogens is 364 g/mol. The van der Waals surface area contributed by atoms with Crippen LogP contribution in [-0.2, 0) is 14.8 Å². The average molecular weight is 383 g/mol. The number of sulfonamides is 1. The zero-order valence-corrected chi connectivity index (χ0v) is 15.6. The molecule has 0 heterocycles. The number of nitrogens with one attached hydrogen (secondary N) is 2. The fraction of sp³-hybridized carbons (Fsp3) is 0.235. The van der Waals surface area contributed by atoms with Crippen LogP contribution in [0.2, 0.25) is 5.02 Å². The van der Waals surface area contributed by atoms with Crippen LogP contribution in [0, 0.1) is 6.92 Å². The van der Waals surface area contributed by atoms with Crippen LogP contribution < -0.4 is 14.8 Å². The third-order valence-corrected chi connectivity index (χ3v) is 5.40. The molecule has 0 saturated carbocycles. The Morgan fingerprint density at radius 1 is 1.20 bits per heavy atom. The Hall–Kier alpha value is -2.09. The number of hydrogen-bond acceptors (Lipinski definition) is 4. The van der Waals surface area contributed by atoms with E-state index in [1.54, 1.807) is 12.1 Å². The lowest BCUT2D eigenvalue weighted by molar-refractivity contribution is -0.117. The van der Waals surface area contributed by atoms with Crippen molar-refractivity contribution < 1.29 is 17.9 Å². The van der Waals surface area contributed by atoms with E-state index < -0.39 is 22.0 Å². The highest BCUT2D eigenvalue weighted by Crippen LogP contribution is 2.27. The first-order valence-electron chi connectivity index (χ1n) is 7.47. The number of aryl methyl sites for hydroxylation is 1. The van der Waals surface area contributed by atoms with Gasteiger partial charge in [-0.25, -0.2) is 8.42 Å². The fourth-order valence-electron chi connectivity index (χ4n) is 2.12.